The zero-order chi connectivity index (χ0) is 17.7. The number of aromatic amines is 1. The van der Waals surface area contributed by atoms with Crippen molar-refractivity contribution in [2.75, 3.05) is 0 Å². The Morgan fingerprint density at radius 3 is 2.73 bits per heavy atom. The summed E-state index contributed by atoms with van der Waals surface area (Å²) in [6.07, 6.45) is 3.68. The van der Waals surface area contributed by atoms with Crippen LogP contribution >= 0.6 is 0 Å². The molecule has 0 fully saturated rings. The number of aryl methyl sites for hydroxylation is 1. The number of nitrogens with one attached hydrogen (secondary N) is 1. The zero-order valence-corrected chi connectivity index (χ0v) is 14.0. The van der Waals surface area contributed by atoms with E-state index in [1.54, 1.807) is 10.8 Å². The Balaban J connectivity index is 1.75. The lowest BCUT2D eigenvalue weighted by molar-refractivity contribution is 0.967. The van der Waals surface area contributed by atoms with Crippen LogP contribution in [0.4, 0.5) is 0 Å². The first kappa shape index (κ1) is 14.7. The fourth-order valence-electron chi connectivity index (χ4n) is 3.27. The van der Waals surface area contributed by atoms with Crippen molar-refractivity contribution in [1.29, 1.82) is 0 Å². The van der Waals surface area contributed by atoms with E-state index in [0.29, 0.717) is 11.3 Å². The smallest absolute Gasteiger partial charge is 0.333 e. The highest BCUT2D eigenvalue weighted by molar-refractivity contribution is 5.83. The third-order valence-electron chi connectivity index (χ3n) is 4.59. The number of fused-ring (bicyclic) bond motifs is 2. The van der Waals surface area contributed by atoms with Crippen LogP contribution in [0, 0.1) is 0 Å². The molecule has 0 spiro atoms. The van der Waals surface area contributed by atoms with Crippen molar-refractivity contribution < 1.29 is 0 Å². The molecule has 0 saturated carbocycles. The van der Waals surface area contributed by atoms with Gasteiger partial charge in [0.2, 0.25) is 0 Å². The van der Waals surface area contributed by atoms with E-state index in [1.807, 2.05) is 72.4 Å². The molecule has 1 N–H and O–H groups in total. The number of H-pyrrole nitrogens is 1. The summed E-state index contributed by atoms with van der Waals surface area (Å²) in [5, 5.41) is 1.07. The van der Waals surface area contributed by atoms with Crippen molar-refractivity contribution in [3.8, 4) is 16.9 Å². The van der Waals surface area contributed by atoms with Crippen LogP contribution in [-0.2, 0) is 7.05 Å². The average Bonchev–Trinajstić information content (AvgIpc) is 3.20. The summed E-state index contributed by atoms with van der Waals surface area (Å²) in [6, 6.07) is 17.8. The topological polar surface area (TPSA) is 68.5 Å². The average molecular weight is 341 g/mol. The van der Waals surface area contributed by atoms with Gasteiger partial charge in [-0.2, -0.15) is 0 Å². The van der Waals surface area contributed by atoms with Gasteiger partial charge in [0.15, 0.2) is 11.3 Å². The highest BCUT2D eigenvalue weighted by Crippen LogP contribution is 2.22. The van der Waals surface area contributed by atoms with Gasteiger partial charge in [-0.3, -0.25) is 4.98 Å². The normalized spacial score (nSPS) is 11.4. The minimum atomic E-state index is -0.250. The fraction of sp³-hybridized carbons (Fsp3) is 0.0500. The number of nitrogens with zero attached hydrogens (tertiary/aromatic N) is 4. The maximum Gasteiger partial charge on any atom is 0.333 e. The molecule has 0 saturated heterocycles. The van der Waals surface area contributed by atoms with Crippen LogP contribution in [0.5, 0.6) is 0 Å². The van der Waals surface area contributed by atoms with Gasteiger partial charge in [-0.25, -0.2) is 19.3 Å². The molecule has 6 nitrogen and oxygen atoms in total. The van der Waals surface area contributed by atoms with Gasteiger partial charge in [-0.1, -0.05) is 30.3 Å². The van der Waals surface area contributed by atoms with Gasteiger partial charge in [0.05, 0.1) is 17.6 Å². The molecule has 3 heterocycles. The van der Waals surface area contributed by atoms with Crippen molar-refractivity contribution in [3.63, 3.8) is 0 Å². The second-order valence-electron chi connectivity index (χ2n) is 6.23. The van der Waals surface area contributed by atoms with E-state index in [2.05, 4.69) is 9.97 Å². The Morgan fingerprint density at radius 2 is 1.88 bits per heavy atom. The Morgan fingerprint density at radius 1 is 1.04 bits per heavy atom. The summed E-state index contributed by atoms with van der Waals surface area (Å²) in [6.45, 7) is 0. The maximum absolute atomic E-state index is 12.6. The number of aromatic nitrogens is 5. The standard InChI is InChI=1S/C20H15N5O/c1-24-10-9-14-11-15(7-8-17(14)24)25-19-18(23-20(25)26)21-12-16(22-19)13-5-3-2-4-6-13/h2-12H,1H3,(H,21,23,26). The van der Waals surface area contributed by atoms with E-state index >= 15 is 0 Å². The van der Waals surface area contributed by atoms with Gasteiger partial charge in [-0.05, 0) is 24.3 Å². The third-order valence-corrected chi connectivity index (χ3v) is 4.59. The molecule has 5 aromatic rings. The summed E-state index contributed by atoms with van der Waals surface area (Å²) >= 11 is 0. The Kier molecular flexibility index (Phi) is 3.05. The molecule has 0 bridgehead atoms. The van der Waals surface area contributed by atoms with Crippen LogP contribution in [0.1, 0.15) is 0 Å². The molecule has 2 aromatic carbocycles. The molecule has 3 aromatic heterocycles. The predicted molar refractivity (Wildman–Crippen MR) is 101 cm³/mol. The zero-order valence-electron chi connectivity index (χ0n) is 14.0. The first-order chi connectivity index (χ1) is 12.7. The fourth-order valence-corrected chi connectivity index (χ4v) is 3.27. The molecule has 0 aliphatic carbocycles. The SMILES string of the molecule is Cn1ccc2cc(-n3c(=O)[nH]c4ncc(-c5ccccc5)nc43)ccc21. The van der Waals surface area contributed by atoms with E-state index in [0.717, 1.165) is 27.8 Å². The summed E-state index contributed by atoms with van der Waals surface area (Å²) < 4.78 is 3.62. The molecule has 0 aliphatic heterocycles. The van der Waals surface area contributed by atoms with Crippen LogP contribution in [0.3, 0.4) is 0 Å². The van der Waals surface area contributed by atoms with Crippen molar-refractivity contribution in [2.45, 2.75) is 0 Å². The molecule has 0 unspecified atom stereocenters. The van der Waals surface area contributed by atoms with E-state index in [1.165, 1.54) is 0 Å². The molecule has 126 valence electrons. The Hall–Kier alpha value is -3.67. The minimum Gasteiger partial charge on any atom is -0.351 e. The summed E-state index contributed by atoms with van der Waals surface area (Å²) in [4.78, 5) is 24.4. The van der Waals surface area contributed by atoms with Gasteiger partial charge in [0.25, 0.3) is 0 Å². The second kappa shape index (κ2) is 5.42. The Bertz CT molecular complexity index is 1310. The molecular formula is C20H15N5O. The number of imidazole rings is 1. The maximum atomic E-state index is 12.6. The van der Waals surface area contributed by atoms with Gasteiger partial charge in [0.1, 0.15) is 0 Å². The molecule has 6 heteroatoms. The third kappa shape index (κ3) is 2.16. The number of benzene rings is 2. The van der Waals surface area contributed by atoms with Crippen molar-refractivity contribution >= 4 is 22.2 Å². The monoisotopic (exact) mass is 341 g/mol. The van der Waals surface area contributed by atoms with Crippen molar-refractivity contribution in [3.05, 3.63) is 77.5 Å². The van der Waals surface area contributed by atoms with Crippen LogP contribution < -0.4 is 5.69 Å². The van der Waals surface area contributed by atoms with Gasteiger partial charge in [-0.15, -0.1) is 0 Å². The lowest BCUT2D eigenvalue weighted by Gasteiger charge is -2.05. The summed E-state index contributed by atoms with van der Waals surface area (Å²) in [5.74, 6) is 0. The Labute approximate surface area is 148 Å². The number of hydrogen-bond acceptors (Lipinski definition) is 3. The lowest BCUT2D eigenvalue weighted by atomic mass is 10.2. The molecule has 5 rings (SSSR count). The van der Waals surface area contributed by atoms with E-state index in [4.69, 9.17) is 4.98 Å². The largest absolute Gasteiger partial charge is 0.351 e. The first-order valence-corrected chi connectivity index (χ1v) is 8.29. The molecule has 0 atom stereocenters. The van der Waals surface area contributed by atoms with Gasteiger partial charge >= 0.3 is 5.69 Å². The van der Waals surface area contributed by atoms with Crippen LogP contribution in [-0.4, -0.2) is 24.1 Å². The van der Waals surface area contributed by atoms with E-state index < -0.39 is 0 Å². The predicted octanol–water partition coefficient (Wildman–Crippen LogP) is 3.27. The van der Waals surface area contributed by atoms with Crippen molar-refractivity contribution in [2.24, 2.45) is 7.05 Å². The minimum absolute atomic E-state index is 0.250. The van der Waals surface area contributed by atoms with Crippen molar-refractivity contribution in [1.82, 2.24) is 24.1 Å². The first-order valence-electron chi connectivity index (χ1n) is 8.29. The molecule has 0 aliphatic rings. The summed E-state index contributed by atoms with van der Waals surface area (Å²) in [7, 11) is 2.00. The van der Waals surface area contributed by atoms with Gasteiger partial charge < -0.3 is 4.57 Å². The molecule has 0 radical (unpaired) electrons. The number of hydrogen-bond donors (Lipinski definition) is 1. The summed E-state index contributed by atoms with van der Waals surface area (Å²) in [5.41, 5.74) is 4.30. The molecule has 0 amide bonds. The number of rotatable bonds is 2. The second-order valence-corrected chi connectivity index (χ2v) is 6.23. The van der Waals surface area contributed by atoms with Crippen LogP contribution in [0.25, 0.3) is 39.1 Å². The van der Waals surface area contributed by atoms with E-state index in [9.17, 15) is 4.79 Å². The molecular weight excluding hydrogens is 326 g/mol. The lowest BCUT2D eigenvalue weighted by Crippen LogP contribution is -2.14. The van der Waals surface area contributed by atoms with Crippen LogP contribution in [0.2, 0.25) is 0 Å². The highest BCUT2D eigenvalue weighted by atomic mass is 16.1. The quantitative estimate of drug-likeness (QED) is 0.536. The molecule has 26 heavy (non-hydrogen) atoms. The highest BCUT2D eigenvalue weighted by Gasteiger charge is 2.13. The van der Waals surface area contributed by atoms with E-state index in [-0.39, 0.29) is 5.69 Å². The van der Waals surface area contributed by atoms with Crippen LogP contribution in [0.15, 0.2) is 71.8 Å². The van der Waals surface area contributed by atoms with Gasteiger partial charge in [0, 0.05) is 29.7 Å².